The molecule has 2 aromatic rings. The molecule has 0 saturated carbocycles. The van der Waals surface area contributed by atoms with Crippen molar-refractivity contribution in [2.45, 2.75) is 26.4 Å². The Kier molecular flexibility index (Phi) is 5.18. The molecule has 3 rings (SSSR count). The molecule has 0 spiro atoms. The highest BCUT2D eigenvalue weighted by molar-refractivity contribution is 9.10. The number of rotatable bonds is 4. The van der Waals surface area contributed by atoms with Crippen molar-refractivity contribution < 1.29 is 19.4 Å². The van der Waals surface area contributed by atoms with Crippen LogP contribution in [0.2, 0.25) is 0 Å². The fraction of sp³-hybridized carbons (Fsp3) is 0.263. The van der Waals surface area contributed by atoms with Gasteiger partial charge in [-0.1, -0.05) is 15.9 Å². The predicted molar refractivity (Wildman–Crippen MR) is 103 cm³/mol. The van der Waals surface area contributed by atoms with Crippen LogP contribution in [0.3, 0.4) is 0 Å². The van der Waals surface area contributed by atoms with Gasteiger partial charge in [-0.2, -0.15) is 0 Å². The number of ether oxygens (including phenoxy) is 1. The van der Waals surface area contributed by atoms with Gasteiger partial charge in [0.15, 0.2) is 6.10 Å². The summed E-state index contributed by atoms with van der Waals surface area (Å²) in [6, 6.07) is 9.91. The molecule has 0 bridgehead atoms. The van der Waals surface area contributed by atoms with E-state index in [9.17, 15) is 14.7 Å². The fourth-order valence-corrected chi connectivity index (χ4v) is 3.44. The molecule has 1 unspecified atom stereocenters. The third kappa shape index (κ3) is 3.83. The smallest absolute Gasteiger partial charge is 0.265 e. The predicted octanol–water partition coefficient (Wildman–Crippen LogP) is 3.47. The highest BCUT2D eigenvalue weighted by atomic mass is 79.9. The van der Waals surface area contributed by atoms with Crippen LogP contribution in [0.4, 0.5) is 11.4 Å². The van der Waals surface area contributed by atoms with Crippen molar-refractivity contribution in [3.8, 4) is 11.5 Å². The zero-order valence-corrected chi connectivity index (χ0v) is 16.0. The molecular formula is C19H19BrN2O4. The van der Waals surface area contributed by atoms with Crippen LogP contribution in [0.1, 0.15) is 19.4 Å². The number of carbonyl (C=O) groups excluding carboxylic acids is 2. The van der Waals surface area contributed by atoms with Gasteiger partial charge in [0.1, 0.15) is 11.5 Å². The van der Waals surface area contributed by atoms with E-state index < -0.39 is 6.10 Å². The van der Waals surface area contributed by atoms with Gasteiger partial charge in [-0.05, 0) is 55.3 Å². The van der Waals surface area contributed by atoms with E-state index in [0.29, 0.717) is 18.0 Å². The van der Waals surface area contributed by atoms with Crippen molar-refractivity contribution in [3.63, 3.8) is 0 Å². The fourth-order valence-electron chi connectivity index (χ4n) is 2.94. The first-order valence-corrected chi connectivity index (χ1v) is 9.01. The number of carbonyl (C=O) groups is 2. The number of halogens is 1. The van der Waals surface area contributed by atoms with Gasteiger partial charge in [-0.25, -0.2) is 0 Å². The van der Waals surface area contributed by atoms with Gasteiger partial charge < -0.3 is 20.1 Å². The van der Waals surface area contributed by atoms with Gasteiger partial charge in [-0.3, -0.25) is 9.59 Å². The quantitative estimate of drug-likeness (QED) is 0.796. The Bertz CT molecular complexity index is 851. The molecule has 0 fully saturated rings. The van der Waals surface area contributed by atoms with E-state index in [1.165, 1.54) is 19.1 Å². The number of anilines is 2. The summed E-state index contributed by atoms with van der Waals surface area (Å²) >= 11 is 3.45. The third-order valence-corrected chi connectivity index (χ3v) is 4.64. The number of hydrogen-bond acceptors (Lipinski definition) is 4. The van der Waals surface area contributed by atoms with Crippen LogP contribution in [-0.4, -0.2) is 29.6 Å². The number of nitrogens with zero attached hydrogens (tertiary/aromatic N) is 1. The van der Waals surface area contributed by atoms with Crippen LogP contribution in [0.15, 0.2) is 40.9 Å². The first kappa shape index (κ1) is 18.3. The van der Waals surface area contributed by atoms with Crippen LogP contribution in [-0.2, 0) is 16.0 Å². The minimum atomic E-state index is -0.749. The van der Waals surface area contributed by atoms with E-state index in [1.807, 2.05) is 6.07 Å². The zero-order chi connectivity index (χ0) is 18.8. The summed E-state index contributed by atoms with van der Waals surface area (Å²) < 4.78 is 6.45. The second-order valence-corrected chi connectivity index (χ2v) is 7.04. The summed E-state index contributed by atoms with van der Waals surface area (Å²) in [5.74, 6) is 0.225. The lowest BCUT2D eigenvalue weighted by atomic mass is 10.1. The minimum Gasteiger partial charge on any atom is -0.508 e. The van der Waals surface area contributed by atoms with E-state index in [0.717, 1.165) is 22.1 Å². The first-order chi connectivity index (χ1) is 12.3. The van der Waals surface area contributed by atoms with Crippen LogP contribution < -0.4 is 15.0 Å². The Morgan fingerprint density at radius 2 is 1.96 bits per heavy atom. The summed E-state index contributed by atoms with van der Waals surface area (Å²) in [5, 5.41) is 12.2. The number of hydrogen-bond donors (Lipinski definition) is 2. The van der Waals surface area contributed by atoms with Crippen molar-refractivity contribution in [2.24, 2.45) is 0 Å². The van der Waals surface area contributed by atoms with Gasteiger partial charge in [0.05, 0.1) is 11.4 Å². The van der Waals surface area contributed by atoms with Gasteiger partial charge in [-0.15, -0.1) is 0 Å². The number of benzene rings is 2. The summed E-state index contributed by atoms with van der Waals surface area (Å²) in [5.41, 5.74) is 2.33. The van der Waals surface area contributed by atoms with Gasteiger partial charge in [0.2, 0.25) is 5.91 Å². The molecule has 1 aliphatic rings. The molecule has 1 atom stereocenters. The molecule has 26 heavy (non-hydrogen) atoms. The van der Waals surface area contributed by atoms with Crippen molar-refractivity contribution >= 4 is 39.1 Å². The Morgan fingerprint density at radius 1 is 1.27 bits per heavy atom. The van der Waals surface area contributed by atoms with E-state index in [2.05, 4.69) is 21.2 Å². The summed E-state index contributed by atoms with van der Waals surface area (Å²) in [6.07, 6.45) is -0.00193. The second kappa shape index (κ2) is 7.37. The van der Waals surface area contributed by atoms with E-state index in [-0.39, 0.29) is 17.6 Å². The lowest BCUT2D eigenvalue weighted by molar-refractivity contribution is -0.122. The number of phenolic OH excluding ortho intramolecular Hbond substituents is 1. The summed E-state index contributed by atoms with van der Waals surface area (Å²) in [4.78, 5) is 26.1. The maximum atomic E-state index is 12.6. The van der Waals surface area contributed by atoms with E-state index in [1.54, 1.807) is 30.0 Å². The molecule has 0 radical (unpaired) electrons. The maximum Gasteiger partial charge on any atom is 0.265 e. The number of amides is 2. The lowest BCUT2D eigenvalue weighted by Crippen LogP contribution is -2.32. The van der Waals surface area contributed by atoms with Crippen LogP contribution in [0, 0.1) is 0 Å². The minimum absolute atomic E-state index is 0.0602. The van der Waals surface area contributed by atoms with Crippen LogP contribution in [0.25, 0.3) is 0 Å². The standard InChI is InChI=1S/C19H19BrN2O4/c1-11(26-16-5-3-15(24)4-6-16)19(25)21-17-10-14(20)9-13-7-8-22(12(2)23)18(13)17/h3-6,9-11,24H,7-8H2,1-2H3,(H,21,25). The van der Waals surface area contributed by atoms with E-state index in [4.69, 9.17) is 4.74 Å². The molecule has 2 amide bonds. The van der Waals surface area contributed by atoms with Crippen molar-refractivity contribution in [1.29, 1.82) is 0 Å². The molecule has 1 aliphatic heterocycles. The van der Waals surface area contributed by atoms with E-state index >= 15 is 0 Å². The zero-order valence-electron chi connectivity index (χ0n) is 14.5. The van der Waals surface area contributed by atoms with Gasteiger partial charge >= 0.3 is 0 Å². The molecule has 0 aromatic heterocycles. The number of fused-ring (bicyclic) bond motifs is 1. The third-order valence-electron chi connectivity index (χ3n) is 4.19. The Morgan fingerprint density at radius 3 is 2.62 bits per heavy atom. The maximum absolute atomic E-state index is 12.6. The SMILES string of the molecule is CC(=O)N1CCc2cc(Br)cc(NC(=O)C(C)Oc3ccc(O)cc3)c21. The second-order valence-electron chi connectivity index (χ2n) is 6.12. The average Bonchev–Trinajstić information content (AvgIpc) is 3.01. The van der Waals surface area contributed by atoms with Crippen molar-refractivity contribution in [3.05, 3.63) is 46.4 Å². The molecule has 7 heteroatoms. The van der Waals surface area contributed by atoms with Crippen LogP contribution >= 0.6 is 15.9 Å². The normalized spacial score (nSPS) is 13.9. The Hall–Kier alpha value is -2.54. The Labute approximate surface area is 159 Å². The molecule has 136 valence electrons. The van der Waals surface area contributed by atoms with Crippen molar-refractivity contribution in [2.75, 3.05) is 16.8 Å². The highest BCUT2D eigenvalue weighted by Crippen LogP contribution is 2.38. The molecule has 6 nitrogen and oxygen atoms in total. The summed E-state index contributed by atoms with van der Waals surface area (Å²) in [6.45, 7) is 3.76. The molecule has 2 N–H and O–H groups in total. The van der Waals surface area contributed by atoms with Crippen LogP contribution in [0.5, 0.6) is 11.5 Å². The average molecular weight is 419 g/mol. The largest absolute Gasteiger partial charge is 0.508 e. The van der Waals surface area contributed by atoms with Crippen molar-refractivity contribution in [1.82, 2.24) is 0 Å². The Balaban J connectivity index is 1.79. The van der Waals surface area contributed by atoms with Gasteiger partial charge in [0.25, 0.3) is 5.91 Å². The number of nitrogens with one attached hydrogen (secondary N) is 1. The highest BCUT2D eigenvalue weighted by Gasteiger charge is 2.27. The monoisotopic (exact) mass is 418 g/mol. The molecular weight excluding hydrogens is 400 g/mol. The molecule has 0 aliphatic carbocycles. The number of phenols is 1. The molecule has 0 saturated heterocycles. The molecule has 1 heterocycles. The number of aromatic hydroxyl groups is 1. The van der Waals surface area contributed by atoms with Gasteiger partial charge in [0, 0.05) is 17.9 Å². The first-order valence-electron chi connectivity index (χ1n) is 8.22. The summed E-state index contributed by atoms with van der Waals surface area (Å²) in [7, 11) is 0. The topological polar surface area (TPSA) is 78.9 Å². The lowest BCUT2D eigenvalue weighted by Gasteiger charge is -2.21. The molecule has 2 aromatic carbocycles.